The monoisotopic (exact) mass is 679 g/mol. The standard InChI is InChI=1S/C42H78O6/c1-34(2)25-19-13-7-10-16-22-28-46-40(43)37-31-38(41(44)47-29-23-17-11-8-14-20-26-35(3)4)33-39(32-37)42(45)48-30-24-18-12-9-15-21-27-36(5)6/h34-39H,7-33H2,1-6H3. The minimum atomic E-state index is -0.471. The van der Waals surface area contributed by atoms with Crippen LogP contribution < -0.4 is 0 Å². The van der Waals surface area contributed by atoms with E-state index in [0.717, 1.165) is 75.5 Å². The van der Waals surface area contributed by atoms with E-state index in [-0.39, 0.29) is 17.9 Å². The van der Waals surface area contributed by atoms with Crippen LogP contribution in [-0.4, -0.2) is 37.7 Å². The van der Waals surface area contributed by atoms with E-state index in [9.17, 15) is 14.4 Å². The van der Waals surface area contributed by atoms with Crippen molar-refractivity contribution in [3.05, 3.63) is 0 Å². The zero-order chi connectivity index (χ0) is 35.4. The smallest absolute Gasteiger partial charge is 0.308 e. The van der Waals surface area contributed by atoms with Crippen LogP contribution >= 0.6 is 0 Å². The topological polar surface area (TPSA) is 78.9 Å². The molecule has 0 bridgehead atoms. The normalized spacial score (nSPS) is 18.1. The third-order valence-electron chi connectivity index (χ3n) is 9.97. The van der Waals surface area contributed by atoms with Gasteiger partial charge in [-0.1, -0.05) is 157 Å². The number of unbranched alkanes of at least 4 members (excludes halogenated alkanes) is 15. The average Bonchev–Trinajstić information content (AvgIpc) is 3.05. The van der Waals surface area contributed by atoms with E-state index in [1.165, 1.54) is 77.0 Å². The fourth-order valence-corrected chi connectivity index (χ4v) is 6.85. The van der Waals surface area contributed by atoms with Gasteiger partial charge in [0.1, 0.15) is 0 Å². The number of carbonyl (C=O) groups is 3. The summed E-state index contributed by atoms with van der Waals surface area (Å²) in [5, 5.41) is 0. The third-order valence-corrected chi connectivity index (χ3v) is 9.97. The van der Waals surface area contributed by atoms with Gasteiger partial charge >= 0.3 is 17.9 Å². The summed E-state index contributed by atoms with van der Waals surface area (Å²) in [6.07, 6.45) is 25.6. The molecule has 6 nitrogen and oxygen atoms in total. The highest BCUT2D eigenvalue weighted by Gasteiger charge is 2.41. The maximum atomic E-state index is 13.1. The van der Waals surface area contributed by atoms with Crippen LogP contribution in [0.4, 0.5) is 0 Å². The Morgan fingerprint density at radius 2 is 0.583 bits per heavy atom. The van der Waals surface area contributed by atoms with E-state index in [4.69, 9.17) is 14.2 Å². The van der Waals surface area contributed by atoms with Crippen molar-refractivity contribution in [2.24, 2.45) is 35.5 Å². The van der Waals surface area contributed by atoms with Gasteiger partial charge in [0.2, 0.25) is 0 Å². The number of hydrogen-bond acceptors (Lipinski definition) is 6. The van der Waals surface area contributed by atoms with E-state index in [2.05, 4.69) is 41.5 Å². The Kier molecular flexibility index (Phi) is 27.0. The fourth-order valence-electron chi connectivity index (χ4n) is 6.85. The first-order valence-corrected chi connectivity index (χ1v) is 20.6. The number of hydrogen-bond donors (Lipinski definition) is 0. The minimum absolute atomic E-state index is 0.280. The first kappa shape index (κ1) is 44.4. The number of carbonyl (C=O) groups excluding carboxylic acids is 3. The van der Waals surface area contributed by atoms with E-state index in [0.29, 0.717) is 39.1 Å². The van der Waals surface area contributed by atoms with Gasteiger partial charge in [0.05, 0.1) is 37.6 Å². The van der Waals surface area contributed by atoms with Crippen molar-refractivity contribution in [3.63, 3.8) is 0 Å². The van der Waals surface area contributed by atoms with Gasteiger partial charge in [0.15, 0.2) is 0 Å². The Morgan fingerprint density at radius 1 is 0.375 bits per heavy atom. The second kappa shape index (κ2) is 29.2. The van der Waals surface area contributed by atoms with Crippen molar-refractivity contribution >= 4 is 17.9 Å². The molecule has 1 aliphatic rings. The van der Waals surface area contributed by atoms with Crippen molar-refractivity contribution in [2.45, 2.75) is 196 Å². The Morgan fingerprint density at radius 3 is 0.812 bits per heavy atom. The summed E-state index contributed by atoms with van der Waals surface area (Å²) in [6.45, 7) is 14.8. The van der Waals surface area contributed by atoms with Gasteiger partial charge in [-0.15, -0.1) is 0 Å². The van der Waals surface area contributed by atoms with Gasteiger partial charge in [0.25, 0.3) is 0 Å². The summed E-state index contributed by atoms with van der Waals surface area (Å²) in [5.41, 5.74) is 0. The largest absolute Gasteiger partial charge is 0.465 e. The lowest BCUT2D eigenvalue weighted by Crippen LogP contribution is -2.37. The molecule has 0 N–H and O–H groups in total. The van der Waals surface area contributed by atoms with Crippen LogP contribution in [0.3, 0.4) is 0 Å². The molecule has 0 aromatic rings. The number of rotatable bonds is 30. The lowest BCUT2D eigenvalue weighted by molar-refractivity contribution is -0.161. The highest BCUT2D eigenvalue weighted by Crippen LogP contribution is 2.36. The van der Waals surface area contributed by atoms with Gasteiger partial charge in [-0.3, -0.25) is 14.4 Å². The molecule has 0 radical (unpaired) electrons. The Balaban J connectivity index is 2.49. The van der Waals surface area contributed by atoms with Gasteiger partial charge in [-0.25, -0.2) is 0 Å². The van der Waals surface area contributed by atoms with Gasteiger partial charge in [-0.05, 0) is 56.3 Å². The summed E-state index contributed by atoms with van der Waals surface area (Å²) >= 11 is 0. The summed E-state index contributed by atoms with van der Waals surface area (Å²) in [4.78, 5) is 39.4. The lowest BCUT2D eigenvalue weighted by atomic mass is 9.75. The Bertz CT molecular complexity index is 695. The molecule has 0 amide bonds. The molecule has 1 fully saturated rings. The summed E-state index contributed by atoms with van der Waals surface area (Å²) in [7, 11) is 0. The minimum Gasteiger partial charge on any atom is -0.465 e. The van der Waals surface area contributed by atoms with E-state index in [1.807, 2.05) is 0 Å². The van der Waals surface area contributed by atoms with Crippen molar-refractivity contribution in [2.75, 3.05) is 19.8 Å². The highest BCUT2D eigenvalue weighted by atomic mass is 16.5. The third kappa shape index (κ3) is 24.5. The molecule has 1 rings (SSSR count). The highest BCUT2D eigenvalue weighted by molar-refractivity contribution is 5.80. The second-order valence-electron chi connectivity index (χ2n) is 16.2. The van der Waals surface area contributed by atoms with Crippen LogP contribution in [0.25, 0.3) is 0 Å². The second-order valence-corrected chi connectivity index (χ2v) is 16.2. The molecular weight excluding hydrogens is 600 g/mol. The summed E-state index contributed by atoms with van der Waals surface area (Å²) in [6, 6.07) is 0. The lowest BCUT2D eigenvalue weighted by Gasteiger charge is -2.31. The fraction of sp³-hybridized carbons (Fsp3) is 0.929. The van der Waals surface area contributed by atoms with Crippen molar-refractivity contribution in [1.82, 2.24) is 0 Å². The number of ether oxygens (including phenoxy) is 3. The first-order valence-electron chi connectivity index (χ1n) is 20.6. The molecule has 0 unspecified atom stereocenters. The van der Waals surface area contributed by atoms with Crippen LogP contribution in [0.2, 0.25) is 0 Å². The SMILES string of the molecule is CC(C)CCCCCCCCOC(=O)C1CC(C(=O)OCCCCCCCCC(C)C)CC(C(=O)OCCCCCCCCC(C)C)C1. The predicted octanol–water partition coefficient (Wildman–Crippen LogP) is 11.8. The van der Waals surface area contributed by atoms with Crippen molar-refractivity contribution < 1.29 is 28.6 Å². The molecule has 0 aromatic heterocycles. The first-order chi connectivity index (χ1) is 23.1. The Hall–Kier alpha value is -1.59. The molecule has 0 spiro atoms. The molecule has 0 aromatic carbocycles. The molecular formula is C42H78O6. The predicted molar refractivity (Wildman–Crippen MR) is 199 cm³/mol. The van der Waals surface area contributed by atoms with Crippen molar-refractivity contribution in [3.8, 4) is 0 Å². The van der Waals surface area contributed by atoms with Crippen LogP contribution in [0.15, 0.2) is 0 Å². The molecule has 6 heteroatoms. The summed E-state index contributed by atoms with van der Waals surface area (Å²) < 4.78 is 17.1. The maximum Gasteiger partial charge on any atom is 0.308 e. The van der Waals surface area contributed by atoms with Gasteiger partial charge in [-0.2, -0.15) is 0 Å². The quantitative estimate of drug-likeness (QED) is 0.0427. The molecule has 282 valence electrons. The number of esters is 3. The van der Waals surface area contributed by atoms with Crippen LogP contribution in [0.1, 0.15) is 196 Å². The van der Waals surface area contributed by atoms with E-state index in [1.54, 1.807) is 0 Å². The van der Waals surface area contributed by atoms with E-state index < -0.39 is 17.8 Å². The molecule has 1 aliphatic carbocycles. The van der Waals surface area contributed by atoms with Gasteiger partial charge in [0, 0.05) is 0 Å². The van der Waals surface area contributed by atoms with Gasteiger partial charge < -0.3 is 14.2 Å². The van der Waals surface area contributed by atoms with Crippen LogP contribution in [0.5, 0.6) is 0 Å². The van der Waals surface area contributed by atoms with Crippen LogP contribution in [-0.2, 0) is 28.6 Å². The molecule has 48 heavy (non-hydrogen) atoms. The zero-order valence-corrected chi connectivity index (χ0v) is 32.5. The zero-order valence-electron chi connectivity index (χ0n) is 32.5. The summed E-state index contributed by atoms with van der Waals surface area (Å²) in [5.74, 6) is 0.0530. The van der Waals surface area contributed by atoms with E-state index >= 15 is 0 Å². The molecule has 0 heterocycles. The Labute approximate surface area is 297 Å². The van der Waals surface area contributed by atoms with Crippen LogP contribution in [0, 0.1) is 35.5 Å². The molecule has 0 atom stereocenters. The molecule has 0 saturated heterocycles. The molecule has 1 saturated carbocycles. The maximum absolute atomic E-state index is 13.1. The van der Waals surface area contributed by atoms with Crippen molar-refractivity contribution in [1.29, 1.82) is 0 Å². The average molecular weight is 679 g/mol. The molecule has 0 aliphatic heterocycles.